The molecule has 1 aliphatic heterocycles. The van der Waals surface area contributed by atoms with Crippen LogP contribution >= 0.6 is 11.8 Å². The number of likely N-dealkylation sites (tertiary alicyclic amines) is 1. The number of anilines is 1. The van der Waals surface area contributed by atoms with Gasteiger partial charge in [-0.25, -0.2) is 0 Å². The van der Waals surface area contributed by atoms with Crippen LogP contribution in [0.5, 0.6) is 0 Å². The van der Waals surface area contributed by atoms with Crippen molar-refractivity contribution >= 4 is 35.2 Å². The molecule has 0 aromatic heterocycles. The zero-order chi connectivity index (χ0) is 23.6. The minimum Gasteiger partial charge on any atom is -0.369 e. The lowest BCUT2D eigenvalue weighted by Gasteiger charge is -2.38. The van der Waals surface area contributed by atoms with Gasteiger partial charge in [0.05, 0.1) is 18.0 Å². The van der Waals surface area contributed by atoms with Gasteiger partial charge in [0, 0.05) is 29.6 Å². The number of carbonyl (C=O) groups excluding carboxylic acids is 3. The number of thioether (sulfide) groups is 1. The molecule has 2 aromatic carbocycles. The van der Waals surface area contributed by atoms with Gasteiger partial charge in [-0.1, -0.05) is 37.3 Å². The van der Waals surface area contributed by atoms with Crippen molar-refractivity contribution in [3.63, 3.8) is 0 Å². The van der Waals surface area contributed by atoms with Crippen LogP contribution in [0.4, 0.5) is 5.69 Å². The van der Waals surface area contributed by atoms with Crippen molar-refractivity contribution in [2.45, 2.75) is 37.1 Å². The lowest BCUT2D eigenvalue weighted by atomic mass is 10.0. The van der Waals surface area contributed by atoms with Gasteiger partial charge in [0.1, 0.15) is 0 Å². The van der Waals surface area contributed by atoms with Gasteiger partial charge in [-0.3, -0.25) is 19.3 Å². The molecule has 0 atom stereocenters. The number of rotatable bonds is 10. The molecule has 1 aliphatic rings. The highest BCUT2D eigenvalue weighted by Crippen LogP contribution is 2.27. The smallest absolute Gasteiger partial charge is 0.253 e. The maximum atomic E-state index is 12.9. The summed E-state index contributed by atoms with van der Waals surface area (Å²) in [5.74, 6) is -0.251. The van der Waals surface area contributed by atoms with Gasteiger partial charge in [-0.05, 0) is 50.1 Å². The van der Waals surface area contributed by atoms with E-state index >= 15 is 0 Å². The quantitative estimate of drug-likeness (QED) is 0.522. The molecule has 33 heavy (non-hydrogen) atoms. The van der Waals surface area contributed by atoms with E-state index in [-0.39, 0.29) is 23.6 Å². The second-order valence-electron chi connectivity index (χ2n) is 8.16. The van der Waals surface area contributed by atoms with Crippen molar-refractivity contribution in [1.29, 1.82) is 0 Å². The van der Waals surface area contributed by atoms with Crippen LogP contribution in [-0.2, 0) is 9.59 Å². The van der Waals surface area contributed by atoms with Crippen LogP contribution in [0.15, 0.2) is 59.5 Å². The molecule has 3 N–H and O–H groups in total. The summed E-state index contributed by atoms with van der Waals surface area (Å²) in [6, 6.07) is 17.0. The Balaban J connectivity index is 1.56. The van der Waals surface area contributed by atoms with Crippen molar-refractivity contribution in [3.05, 3.63) is 60.2 Å². The van der Waals surface area contributed by atoms with E-state index in [1.54, 1.807) is 0 Å². The summed E-state index contributed by atoms with van der Waals surface area (Å²) in [7, 11) is 0. The SMILES string of the molecule is CCCN(CC(=O)Nc1ccccc1SCC(N)=O)C1CCN(C(=O)c2ccccc2)CC1. The van der Waals surface area contributed by atoms with E-state index in [0.29, 0.717) is 30.9 Å². The number of para-hydroxylation sites is 1. The summed E-state index contributed by atoms with van der Waals surface area (Å²) < 4.78 is 0. The van der Waals surface area contributed by atoms with E-state index < -0.39 is 5.91 Å². The summed E-state index contributed by atoms with van der Waals surface area (Å²) in [5.41, 5.74) is 6.66. The summed E-state index contributed by atoms with van der Waals surface area (Å²) >= 11 is 1.32. The minimum absolute atomic E-state index is 0.0684. The van der Waals surface area contributed by atoms with Gasteiger partial charge in [-0.15, -0.1) is 11.8 Å². The molecule has 2 aromatic rings. The zero-order valence-electron chi connectivity index (χ0n) is 19.0. The number of piperidine rings is 1. The molecule has 7 nitrogen and oxygen atoms in total. The number of primary amides is 1. The summed E-state index contributed by atoms with van der Waals surface area (Å²) in [4.78, 5) is 41.7. The van der Waals surface area contributed by atoms with Gasteiger partial charge >= 0.3 is 0 Å². The summed E-state index contributed by atoms with van der Waals surface area (Å²) in [5, 5.41) is 2.99. The molecule has 0 aliphatic carbocycles. The first-order valence-corrected chi connectivity index (χ1v) is 12.3. The maximum absolute atomic E-state index is 12.9. The van der Waals surface area contributed by atoms with Crippen LogP contribution < -0.4 is 11.1 Å². The van der Waals surface area contributed by atoms with Gasteiger partial charge in [0.25, 0.3) is 5.91 Å². The normalized spacial score (nSPS) is 14.3. The average Bonchev–Trinajstić information content (AvgIpc) is 2.83. The first-order valence-electron chi connectivity index (χ1n) is 11.4. The Kier molecular flexibility index (Phi) is 9.33. The lowest BCUT2D eigenvalue weighted by molar-refractivity contribution is -0.118. The number of amides is 3. The van der Waals surface area contributed by atoms with Crippen molar-refractivity contribution < 1.29 is 14.4 Å². The second kappa shape index (κ2) is 12.4. The minimum atomic E-state index is -0.396. The third-order valence-electron chi connectivity index (χ3n) is 5.68. The second-order valence-corrected chi connectivity index (χ2v) is 9.18. The topological polar surface area (TPSA) is 95.7 Å². The standard InChI is InChI=1S/C25H32N4O3S/c1-2-14-29(17-24(31)27-21-10-6-7-11-22(21)33-18-23(26)30)20-12-15-28(16-13-20)25(32)19-8-4-3-5-9-19/h3-11,20H,2,12-18H2,1H3,(H2,26,30)(H,27,31). The molecule has 3 amide bonds. The van der Waals surface area contributed by atoms with Crippen LogP contribution in [0.25, 0.3) is 0 Å². The highest BCUT2D eigenvalue weighted by atomic mass is 32.2. The molecule has 8 heteroatoms. The van der Waals surface area contributed by atoms with Crippen molar-refractivity contribution in [3.8, 4) is 0 Å². The molecule has 0 unspecified atom stereocenters. The summed E-state index contributed by atoms with van der Waals surface area (Å²) in [6.45, 7) is 4.59. The fourth-order valence-electron chi connectivity index (χ4n) is 4.09. The monoisotopic (exact) mass is 468 g/mol. The Hall–Kier alpha value is -2.84. The van der Waals surface area contributed by atoms with E-state index in [2.05, 4.69) is 17.1 Å². The largest absolute Gasteiger partial charge is 0.369 e. The Morgan fingerprint density at radius 1 is 1.06 bits per heavy atom. The van der Waals surface area contributed by atoms with Gasteiger partial charge in [-0.2, -0.15) is 0 Å². The third kappa shape index (κ3) is 7.33. The molecule has 1 saturated heterocycles. The number of nitrogens with zero attached hydrogens (tertiary/aromatic N) is 2. The fourth-order valence-corrected chi connectivity index (χ4v) is 4.84. The molecule has 1 heterocycles. The van der Waals surface area contributed by atoms with Gasteiger partial charge in [0.2, 0.25) is 11.8 Å². The van der Waals surface area contributed by atoms with Gasteiger partial charge < -0.3 is 16.0 Å². The van der Waals surface area contributed by atoms with E-state index in [9.17, 15) is 14.4 Å². The van der Waals surface area contributed by atoms with E-state index in [1.807, 2.05) is 59.5 Å². The third-order valence-corrected chi connectivity index (χ3v) is 6.77. The van der Waals surface area contributed by atoms with Crippen LogP contribution in [-0.4, -0.2) is 65.5 Å². The number of nitrogens with one attached hydrogen (secondary N) is 1. The molecule has 0 spiro atoms. The Labute approximate surface area is 199 Å². The molecular formula is C25H32N4O3S. The lowest BCUT2D eigenvalue weighted by Crippen LogP contribution is -2.49. The zero-order valence-corrected chi connectivity index (χ0v) is 19.9. The van der Waals surface area contributed by atoms with E-state index in [4.69, 9.17) is 5.73 Å². The van der Waals surface area contributed by atoms with E-state index in [0.717, 1.165) is 30.7 Å². The molecule has 1 fully saturated rings. The van der Waals surface area contributed by atoms with Crippen molar-refractivity contribution in [1.82, 2.24) is 9.80 Å². The van der Waals surface area contributed by atoms with Crippen molar-refractivity contribution in [2.24, 2.45) is 5.73 Å². The first-order chi connectivity index (χ1) is 16.0. The van der Waals surface area contributed by atoms with Crippen LogP contribution in [0.3, 0.4) is 0 Å². The predicted octanol–water partition coefficient (Wildman–Crippen LogP) is 3.22. The molecule has 176 valence electrons. The summed E-state index contributed by atoms with van der Waals surface area (Å²) in [6.07, 6.45) is 2.63. The number of hydrogen-bond acceptors (Lipinski definition) is 5. The number of benzene rings is 2. The highest BCUT2D eigenvalue weighted by molar-refractivity contribution is 8.00. The van der Waals surface area contributed by atoms with Gasteiger partial charge in [0.15, 0.2) is 0 Å². The Bertz CT molecular complexity index is 946. The van der Waals surface area contributed by atoms with Crippen LogP contribution in [0.1, 0.15) is 36.5 Å². The van der Waals surface area contributed by atoms with Crippen LogP contribution in [0, 0.1) is 0 Å². The molecule has 0 radical (unpaired) electrons. The van der Waals surface area contributed by atoms with Crippen LogP contribution in [0.2, 0.25) is 0 Å². The number of carbonyl (C=O) groups is 3. The fraction of sp³-hybridized carbons (Fsp3) is 0.400. The van der Waals surface area contributed by atoms with E-state index in [1.165, 1.54) is 11.8 Å². The predicted molar refractivity (Wildman–Crippen MR) is 132 cm³/mol. The molecule has 0 saturated carbocycles. The average molecular weight is 469 g/mol. The molecule has 0 bridgehead atoms. The Morgan fingerprint density at radius 3 is 2.39 bits per heavy atom. The highest BCUT2D eigenvalue weighted by Gasteiger charge is 2.28. The Morgan fingerprint density at radius 2 is 1.73 bits per heavy atom. The number of nitrogens with two attached hydrogens (primary N) is 1. The molecule has 3 rings (SSSR count). The number of hydrogen-bond donors (Lipinski definition) is 2. The molecular weight excluding hydrogens is 436 g/mol. The first kappa shape index (κ1) is 24.8. The maximum Gasteiger partial charge on any atom is 0.253 e. The van der Waals surface area contributed by atoms with Crippen molar-refractivity contribution in [2.75, 3.05) is 37.2 Å².